The molecule has 3 heterocycles. The van der Waals surface area contributed by atoms with E-state index in [1.807, 2.05) is 6.92 Å². The molecule has 8 nitrogen and oxygen atoms in total. The molecule has 9 heteroatoms. The van der Waals surface area contributed by atoms with Gasteiger partial charge in [0.25, 0.3) is 0 Å². The zero-order valence-corrected chi connectivity index (χ0v) is 18.7. The number of halogens is 1. The van der Waals surface area contributed by atoms with E-state index in [2.05, 4.69) is 32.8 Å². The molecular weight excluding hydrogens is 423 g/mol. The molecule has 0 unspecified atom stereocenters. The van der Waals surface area contributed by atoms with Crippen molar-refractivity contribution in [2.24, 2.45) is 5.92 Å². The van der Waals surface area contributed by atoms with Gasteiger partial charge in [-0.25, -0.2) is 19.2 Å². The van der Waals surface area contributed by atoms with Crippen molar-refractivity contribution in [1.82, 2.24) is 15.3 Å². The second kappa shape index (κ2) is 8.38. The fourth-order valence-electron chi connectivity index (χ4n) is 4.73. The third-order valence-corrected chi connectivity index (χ3v) is 6.51. The van der Waals surface area contributed by atoms with Gasteiger partial charge in [0.15, 0.2) is 5.82 Å². The maximum absolute atomic E-state index is 15.3. The number of hydrogen-bond acceptors (Lipinski definition) is 6. The summed E-state index contributed by atoms with van der Waals surface area (Å²) >= 11 is 0. The summed E-state index contributed by atoms with van der Waals surface area (Å²) < 4.78 is 20.9. The third-order valence-electron chi connectivity index (χ3n) is 6.51. The van der Waals surface area contributed by atoms with Crippen molar-refractivity contribution in [2.75, 3.05) is 29.5 Å². The van der Waals surface area contributed by atoms with Gasteiger partial charge < -0.3 is 21.1 Å². The summed E-state index contributed by atoms with van der Waals surface area (Å²) in [6.07, 6.45) is 6.16. The van der Waals surface area contributed by atoms with Crippen LogP contribution < -0.4 is 26.4 Å². The summed E-state index contributed by atoms with van der Waals surface area (Å²) in [4.78, 5) is 21.0. The summed E-state index contributed by atoms with van der Waals surface area (Å²) in [6, 6.07) is 3.30. The van der Waals surface area contributed by atoms with Gasteiger partial charge in [-0.1, -0.05) is 6.92 Å². The summed E-state index contributed by atoms with van der Waals surface area (Å²) in [5.74, 6) is 0.974. The molecule has 172 valence electrons. The number of nitrogens with one attached hydrogen (secondary N) is 3. The van der Waals surface area contributed by atoms with E-state index >= 15 is 4.39 Å². The van der Waals surface area contributed by atoms with Crippen LogP contribution >= 0.6 is 0 Å². The monoisotopic (exact) mass is 450 g/mol. The van der Waals surface area contributed by atoms with E-state index in [0.717, 1.165) is 30.5 Å². The van der Waals surface area contributed by atoms with Crippen molar-refractivity contribution < 1.29 is 13.9 Å². The van der Waals surface area contributed by atoms with E-state index in [4.69, 9.17) is 10.5 Å². The molecule has 2 amide bonds. The molecule has 0 saturated heterocycles. The Hall–Kier alpha value is -3.62. The highest BCUT2D eigenvalue weighted by molar-refractivity contribution is 6.00. The predicted molar refractivity (Wildman–Crippen MR) is 127 cm³/mol. The lowest BCUT2D eigenvalue weighted by Gasteiger charge is -2.22. The Bertz CT molecular complexity index is 1250. The lowest BCUT2D eigenvalue weighted by Crippen LogP contribution is -2.36. The highest BCUT2D eigenvalue weighted by Crippen LogP contribution is 2.39. The van der Waals surface area contributed by atoms with E-state index in [1.165, 1.54) is 6.20 Å². The maximum atomic E-state index is 15.3. The molecule has 5 N–H and O–H groups in total. The zero-order valence-electron chi connectivity index (χ0n) is 18.7. The van der Waals surface area contributed by atoms with E-state index in [0.29, 0.717) is 52.7 Å². The molecule has 33 heavy (non-hydrogen) atoms. The first-order valence-electron chi connectivity index (χ1n) is 11.2. The molecule has 1 fully saturated rings. The Morgan fingerprint density at radius 2 is 2.09 bits per heavy atom. The zero-order chi connectivity index (χ0) is 23.1. The number of benzene rings is 1. The van der Waals surface area contributed by atoms with Crippen molar-refractivity contribution >= 4 is 34.0 Å². The van der Waals surface area contributed by atoms with E-state index in [1.54, 1.807) is 18.3 Å². The number of fused-ring (bicyclic) bond motifs is 2. The number of anilines is 3. The Morgan fingerprint density at radius 3 is 2.88 bits per heavy atom. The Labute approximate surface area is 191 Å². The Kier molecular flexibility index (Phi) is 5.39. The molecule has 1 aromatic carbocycles. The quantitative estimate of drug-likeness (QED) is 0.439. The van der Waals surface area contributed by atoms with Crippen LogP contribution in [0.3, 0.4) is 0 Å². The molecule has 5 rings (SSSR count). The second-order valence-electron chi connectivity index (χ2n) is 8.91. The number of nitrogen functional groups attached to an aromatic ring is 1. The van der Waals surface area contributed by atoms with E-state index in [-0.39, 0.29) is 17.8 Å². The molecule has 1 saturated carbocycles. The van der Waals surface area contributed by atoms with Crippen LogP contribution in [0, 0.1) is 18.7 Å². The standard InChI is InChI=1S/C24H27FN6O2/c1-12-3-4-15(7-12)30-24(32)31-19-9-14-8-16(20(25)21(26)18(14)11-28-19)17-10-29-23-22(13(17)2)27-5-6-33-23/h8-12,15,27H,3-7,26H2,1-2H3,(H2,28,30,31,32)/t12-,15+/m1/s1. The molecule has 2 aromatic heterocycles. The predicted octanol–water partition coefficient (Wildman–Crippen LogP) is 4.44. The molecule has 2 atom stereocenters. The number of pyridine rings is 2. The summed E-state index contributed by atoms with van der Waals surface area (Å²) in [5, 5.41) is 10.2. The van der Waals surface area contributed by atoms with Crippen molar-refractivity contribution in [3.8, 4) is 17.0 Å². The van der Waals surface area contributed by atoms with Gasteiger partial charge in [0, 0.05) is 41.5 Å². The van der Waals surface area contributed by atoms with Crippen LogP contribution in [-0.4, -0.2) is 35.2 Å². The topological polar surface area (TPSA) is 114 Å². The van der Waals surface area contributed by atoms with Crippen LogP contribution in [-0.2, 0) is 0 Å². The number of ether oxygens (including phenoxy) is 1. The summed E-state index contributed by atoms with van der Waals surface area (Å²) in [5.41, 5.74) is 8.69. The molecule has 0 bridgehead atoms. The number of carbonyl (C=O) groups is 1. The SMILES string of the molecule is Cc1c(-c2cc3cc(NC(=O)N[C@H]4CC[C@@H](C)C4)ncc3c(N)c2F)cnc2c1NCCO2. The van der Waals surface area contributed by atoms with Crippen LogP contribution in [0.1, 0.15) is 31.7 Å². The average Bonchev–Trinajstić information content (AvgIpc) is 3.21. The van der Waals surface area contributed by atoms with Gasteiger partial charge in [0.2, 0.25) is 5.88 Å². The first kappa shape index (κ1) is 21.2. The number of aromatic nitrogens is 2. The van der Waals surface area contributed by atoms with E-state index in [9.17, 15) is 4.79 Å². The average molecular weight is 451 g/mol. The molecular formula is C24H27FN6O2. The van der Waals surface area contributed by atoms with Crippen LogP contribution in [0.2, 0.25) is 0 Å². The van der Waals surface area contributed by atoms with E-state index < -0.39 is 5.82 Å². The number of hydrogen-bond donors (Lipinski definition) is 4. The molecule has 2 aliphatic rings. The fourth-order valence-corrected chi connectivity index (χ4v) is 4.73. The minimum absolute atomic E-state index is 0.00674. The number of carbonyl (C=O) groups excluding carboxylic acids is 1. The number of nitrogens with zero attached hydrogens (tertiary/aromatic N) is 2. The van der Waals surface area contributed by atoms with Gasteiger partial charge in [-0.15, -0.1) is 0 Å². The molecule has 1 aliphatic heterocycles. The van der Waals surface area contributed by atoms with Gasteiger partial charge in [-0.2, -0.15) is 0 Å². The largest absolute Gasteiger partial charge is 0.474 e. The number of amides is 2. The highest BCUT2D eigenvalue weighted by Gasteiger charge is 2.23. The van der Waals surface area contributed by atoms with Crippen LogP contribution in [0.25, 0.3) is 21.9 Å². The normalized spacial score (nSPS) is 19.5. The van der Waals surface area contributed by atoms with Gasteiger partial charge in [-0.3, -0.25) is 5.32 Å². The maximum Gasteiger partial charge on any atom is 0.320 e. The molecule has 0 radical (unpaired) electrons. The third kappa shape index (κ3) is 3.99. The van der Waals surface area contributed by atoms with Crippen LogP contribution in [0.4, 0.5) is 26.4 Å². The van der Waals surface area contributed by atoms with Crippen LogP contribution in [0.15, 0.2) is 24.5 Å². The van der Waals surface area contributed by atoms with Crippen LogP contribution in [0.5, 0.6) is 5.88 Å². The van der Waals surface area contributed by atoms with Crippen molar-refractivity contribution in [3.05, 3.63) is 35.9 Å². The van der Waals surface area contributed by atoms with Crippen molar-refractivity contribution in [1.29, 1.82) is 0 Å². The second-order valence-corrected chi connectivity index (χ2v) is 8.91. The van der Waals surface area contributed by atoms with Gasteiger partial charge in [0.05, 0.1) is 5.69 Å². The molecule has 1 aliphatic carbocycles. The molecule has 0 spiro atoms. The highest BCUT2D eigenvalue weighted by atomic mass is 19.1. The summed E-state index contributed by atoms with van der Waals surface area (Å²) in [6.45, 7) is 5.27. The minimum atomic E-state index is -0.528. The smallest absolute Gasteiger partial charge is 0.320 e. The first-order chi connectivity index (χ1) is 15.9. The van der Waals surface area contributed by atoms with Gasteiger partial charge in [-0.05, 0) is 55.2 Å². The lowest BCUT2D eigenvalue weighted by molar-refractivity contribution is 0.248. The number of urea groups is 1. The lowest BCUT2D eigenvalue weighted by atomic mass is 9.97. The molecule has 3 aromatic rings. The fraction of sp³-hybridized carbons (Fsp3) is 0.375. The minimum Gasteiger partial charge on any atom is -0.474 e. The first-order valence-corrected chi connectivity index (χ1v) is 11.2. The van der Waals surface area contributed by atoms with Gasteiger partial charge in [0.1, 0.15) is 18.1 Å². The summed E-state index contributed by atoms with van der Waals surface area (Å²) in [7, 11) is 0. The Morgan fingerprint density at radius 1 is 1.24 bits per heavy atom. The number of rotatable bonds is 3. The van der Waals surface area contributed by atoms with Crippen molar-refractivity contribution in [2.45, 2.75) is 39.2 Å². The Balaban J connectivity index is 1.47. The van der Waals surface area contributed by atoms with Gasteiger partial charge >= 0.3 is 6.03 Å². The number of nitrogens with two attached hydrogens (primary N) is 1. The van der Waals surface area contributed by atoms with Crippen molar-refractivity contribution in [3.63, 3.8) is 0 Å².